The molecule has 0 saturated carbocycles. The Balaban J connectivity index is 1.49. The first-order chi connectivity index (χ1) is 22.1. The third kappa shape index (κ3) is 7.57. The van der Waals surface area contributed by atoms with Gasteiger partial charge in [0.05, 0.1) is 24.1 Å². The van der Waals surface area contributed by atoms with Gasteiger partial charge in [-0.3, -0.25) is 13.9 Å². The maximum atomic E-state index is 13.6. The Morgan fingerprint density at radius 1 is 0.913 bits per heavy atom. The van der Waals surface area contributed by atoms with Crippen molar-refractivity contribution in [3.63, 3.8) is 0 Å². The molecule has 0 bridgehead atoms. The second kappa shape index (κ2) is 14.4. The van der Waals surface area contributed by atoms with Crippen LogP contribution in [0.3, 0.4) is 0 Å². The standard InChI is InChI=1S/C32H36N5O8P/c1-20(2)44-46(40,45-21(3)4)17-16-24-26(43-32(39)23-14-10-7-11-15-23)27(41-5)31(42-24)37-19-35-25-28(33-18-34-29(25)37)36-30(38)22-12-8-6-9-13-22/h6-21,24,26-27,31H,1-5H3,(H,33,34,36,38)/t24-,26+,27+,31+/m0/s1. The zero-order valence-corrected chi connectivity index (χ0v) is 26.9. The topological polar surface area (TPSA) is 153 Å². The van der Waals surface area contributed by atoms with Crippen LogP contribution in [0.1, 0.15) is 54.6 Å². The van der Waals surface area contributed by atoms with Crippen molar-refractivity contribution in [3.8, 4) is 0 Å². The van der Waals surface area contributed by atoms with Gasteiger partial charge in [0.2, 0.25) is 0 Å². The second-order valence-electron chi connectivity index (χ2n) is 11.0. The molecule has 0 unspecified atom stereocenters. The summed E-state index contributed by atoms with van der Waals surface area (Å²) in [6.45, 7) is 7.00. The molecule has 2 aromatic carbocycles. The van der Waals surface area contributed by atoms with Crippen molar-refractivity contribution < 1.29 is 37.4 Å². The molecule has 14 heteroatoms. The molecular weight excluding hydrogens is 613 g/mol. The Kier molecular flexibility index (Phi) is 10.4. The first-order valence-electron chi connectivity index (χ1n) is 14.7. The van der Waals surface area contributed by atoms with Crippen LogP contribution in [0.4, 0.5) is 5.82 Å². The molecule has 1 aliphatic rings. The first-order valence-corrected chi connectivity index (χ1v) is 16.3. The summed E-state index contributed by atoms with van der Waals surface area (Å²) in [7, 11) is -2.25. The number of esters is 1. The average molecular weight is 650 g/mol. The minimum atomic E-state index is -3.72. The van der Waals surface area contributed by atoms with Gasteiger partial charge in [0.25, 0.3) is 5.91 Å². The molecule has 5 rings (SSSR count). The maximum absolute atomic E-state index is 13.6. The van der Waals surface area contributed by atoms with Crippen LogP contribution in [0, 0.1) is 0 Å². The van der Waals surface area contributed by atoms with Gasteiger partial charge in [0.15, 0.2) is 29.3 Å². The lowest BCUT2D eigenvalue weighted by Gasteiger charge is -2.23. The highest BCUT2D eigenvalue weighted by Crippen LogP contribution is 2.52. The van der Waals surface area contributed by atoms with E-state index in [1.54, 1.807) is 86.9 Å². The molecule has 1 aliphatic heterocycles. The smallest absolute Gasteiger partial charge is 0.354 e. The molecule has 2 aromatic heterocycles. The number of rotatable bonds is 12. The summed E-state index contributed by atoms with van der Waals surface area (Å²) < 4.78 is 44.8. The third-order valence-electron chi connectivity index (χ3n) is 6.82. The van der Waals surface area contributed by atoms with Gasteiger partial charge in [-0.2, -0.15) is 0 Å². The predicted octanol–water partition coefficient (Wildman–Crippen LogP) is 5.77. The summed E-state index contributed by atoms with van der Waals surface area (Å²) in [4.78, 5) is 39.2. The Morgan fingerprint density at radius 3 is 2.15 bits per heavy atom. The maximum Gasteiger partial charge on any atom is 0.354 e. The number of hydrogen-bond donors (Lipinski definition) is 1. The Labute approximate surface area is 266 Å². The molecule has 1 fully saturated rings. The average Bonchev–Trinajstić information content (AvgIpc) is 3.61. The zero-order chi connectivity index (χ0) is 32.8. The zero-order valence-electron chi connectivity index (χ0n) is 26.0. The molecule has 13 nitrogen and oxygen atoms in total. The van der Waals surface area contributed by atoms with Crippen LogP contribution in [0.25, 0.3) is 11.2 Å². The molecule has 0 radical (unpaired) electrons. The fourth-order valence-corrected chi connectivity index (χ4v) is 6.71. The van der Waals surface area contributed by atoms with E-state index in [1.807, 2.05) is 6.07 Å². The largest absolute Gasteiger partial charge is 0.453 e. The van der Waals surface area contributed by atoms with Gasteiger partial charge in [-0.25, -0.2) is 19.7 Å². The molecule has 1 amide bonds. The van der Waals surface area contributed by atoms with Crippen LogP contribution < -0.4 is 5.32 Å². The molecular formula is C32H36N5O8P. The Bertz CT molecular complexity index is 1720. The van der Waals surface area contributed by atoms with Crippen LogP contribution in [0.15, 0.2) is 85.2 Å². The number of imidazole rings is 1. The highest BCUT2D eigenvalue weighted by molar-refractivity contribution is 7.57. The molecule has 242 valence electrons. The SMILES string of the molecule is CO[C@@H]1[C@H](OC(=O)c2ccccc2)[C@H](C=CP(=O)(OC(C)C)OC(C)C)O[C@H]1n1cnc2c(NC(=O)c3ccccc3)ncnc21. The van der Waals surface area contributed by atoms with Gasteiger partial charge in [0, 0.05) is 18.5 Å². The number of amides is 1. The molecule has 4 aromatic rings. The number of methoxy groups -OCH3 is 1. The summed E-state index contributed by atoms with van der Waals surface area (Å²) >= 11 is 0. The molecule has 0 aliphatic carbocycles. The molecule has 46 heavy (non-hydrogen) atoms. The van der Waals surface area contributed by atoms with E-state index < -0.39 is 50.3 Å². The van der Waals surface area contributed by atoms with Crippen molar-refractivity contribution in [1.82, 2.24) is 19.5 Å². The van der Waals surface area contributed by atoms with Crippen molar-refractivity contribution in [2.45, 2.75) is 64.4 Å². The van der Waals surface area contributed by atoms with Crippen molar-refractivity contribution in [2.75, 3.05) is 12.4 Å². The number of hydrogen-bond acceptors (Lipinski definition) is 11. The number of nitrogens with zero attached hydrogens (tertiary/aromatic N) is 4. The number of fused-ring (bicyclic) bond motifs is 1. The van der Waals surface area contributed by atoms with Crippen molar-refractivity contribution in [1.29, 1.82) is 0 Å². The minimum Gasteiger partial charge on any atom is -0.453 e. The lowest BCUT2D eigenvalue weighted by atomic mass is 10.1. The molecule has 0 spiro atoms. The fourth-order valence-electron chi connectivity index (χ4n) is 4.97. The van der Waals surface area contributed by atoms with E-state index in [-0.39, 0.29) is 11.7 Å². The minimum absolute atomic E-state index is 0.200. The van der Waals surface area contributed by atoms with E-state index in [1.165, 1.54) is 31.7 Å². The van der Waals surface area contributed by atoms with Crippen LogP contribution in [0.2, 0.25) is 0 Å². The van der Waals surface area contributed by atoms with Crippen molar-refractivity contribution >= 4 is 36.5 Å². The molecule has 1 N–H and O–H groups in total. The van der Waals surface area contributed by atoms with E-state index in [0.717, 1.165) is 0 Å². The summed E-state index contributed by atoms with van der Waals surface area (Å²) in [6.07, 6.45) is -0.232. The van der Waals surface area contributed by atoms with Gasteiger partial charge < -0.3 is 28.6 Å². The van der Waals surface area contributed by atoms with Crippen LogP contribution >= 0.6 is 7.60 Å². The highest BCUT2D eigenvalue weighted by Gasteiger charge is 2.48. The van der Waals surface area contributed by atoms with E-state index in [0.29, 0.717) is 22.3 Å². The number of aromatic nitrogens is 4. The molecule has 1 saturated heterocycles. The van der Waals surface area contributed by atoms with Crippen molar-refractivity contribution in [2.24, 2.45) is 0 Å². The Hall–Kier alpha value is -4.26. The van der Waals surface area contributed by atoms with Crippen molar-refractivity contribution in [3.05, 3.63) is 96.3 Å². The van der Waals surface area contributed by atoms with Gasteiger partial charge in [0.1, 0.15) is 18.5 Å². The van der Waals surface area contributed by atoms with Gasteiger partial charge in [-0.15, -0.1) is 0 Å². The number of carbonyl (C=O) groups is 2. The Morgan fingerprint density at radius 2 is 1.54 bits per heavy atom. The molecule has 3 heterocycles. The number of anilines is 1. The predicted molar refractivity (Wildman–Crippen MR) is 169 cm³/mol. The quantitative estimate of drug-likeness (QED) is 0.147. The summed E-state index contributed by atoms with van der Waals surface area (Å²) in [5.74, 6) is 0.558. The summed E-state index contributed by atoms with van der Waals surface area (Å²) in [5, 5.41) is 2.78. The van der Waals surface area contributed by atoms with E-state index in [4.69, 9.17) is 23.3 Å². The molecule has 4 atom stereocenters. The second-order valence-corrected chi connectivity index (χ2v) is 12.8. The van der Waals surface area contributed by atoms with Gasteiger partial charge >= 0.3 is 13.6 Å². The number of ether oxygens (including phenoxy) is 3. The fraction of sp³-hybridized carbons (Fsp3) is 0.344. The van der Waals surface area contributed by atoms with E-state index in [9.17, 15) is 14.2 Å². The van der Waals surface area contributed by atoms with Crippen LogP contribution in [0.5, 0.6) is 0 Å². The normalized spacial score (nSPS) is 20.2. The van der Waals surface area contributed by atoms with E-state index in [2.05, 4.69) is 20.3 Å². The third-order valence-corrected chi connectivity index (χ3v) is 8.79. The monoisotopic (exact) mass is 649 g/mol. The number of nitrogens with one attached hydrogen (secondary N) is 1. The first kappa shape index (κ1) is 33.1. The summed E-state index contributed by atoms with van der Waals surface area (Å²) in [5.41, 5.74) is 1.42. The van der Waals surface area contributed by atoms with Gasteiger partial charge in [-0.1, -0.05) is 36.4 Å². The van der Waals surface area contributed by atoms with Crippen LogP contribution in [-0.4, -0.2) is 69.0 Å². The highest BCUT2D eigenvalue weighted by atomic mass is 31.2. The lowest BCUT2D eigenvalue weighted by Crippen LogP contribution is -2.37. The van der Waals surface area contributed by atoms with Gasteiger partial charge in [-0.05, 0) is 58.0 Å². The van der Waals surface area contributed by atoms with E-state index >= 15 is 0 Å². The van der Waals surface area contributed by atoms with Crippen LogP contribution in [-0.2, 0) is 27.8 Å². The number of carbonyl (C=O) groups excluding carboxylic acids is 2. The lowest BCUT2D eigenvalue weighted by molar-refractivity contribution is -0.0489. The summed E-state index contributed by atoms with van der Waals surface area (Å²) in [6, 6.07) is 17.2. The number of benzene rings is 2.